The molecule has 1 aliphatic rings. The molecule has 0 saturated heterocycles. The van der Waals surface area contributed by atoms with Crippen molar-refractivity contribution >= 4 is 21.8 Å². The number of nitrogens with zero attached hydrogens (tertiary/aromatic N) is 1. The summed E-state index contributed by atoms with van der Waals surface area (Å²) in [6.45, 7) is 2.42. The molecule has 4 heteroatoms. The lowest BCUT2D eigenvalue weighted by molar-refractivity contribution is -0.129. The molecule has 3 nitrogen and oxygen atoms in total. The average Bonchev–Trinajstić information content (AvgIpc) is 2.56. The van der Waals surface area contributed by atoms with Crippen molar-refractivity contribution in [3.05, 3.63) is 70.2 Å². The average molecular weight is 401 g/mol. The lowest BCUT2D eigenvalue weighted by atomic mass is 9.64. The highest BCUT2D eigenvalue weighted by Crippen LogP contribution is 2.44. The Hall–Kier alpha value is -1.65. The van der Waals surface area contributed by atoms with Crippen molar-refractivity contribution in [1.82, 2.24) is 10.2 Å². The van der Waals surface area contributed by atoms with Crippen LogP contribution in [0.3, 0.4) is 0 Å². The largest absolute Gasteiger partial charge is 0.354 e. The van der Waals surface area contributed by atoms with E-state index < -0.39 is 0 Å². The van der Waals surface area contributed by atoms with E-state index in [1.807, 2.05) is 18.2 Å². The zero-order valence-electron chi connectivity index (χ0n) is 14.7. The Morgan fingerprint density at radius 1 is 1.12 bits per heavy atom. The number of hydrogen-bond acceptors (Lipinski definition) is 2. The zero-order chi connectivity index (χ0) is 17.7. The maximum atomic E-state index is 12.8. The molecule has 1 amide bonds. The van der Waals surface area contributed by atoms with Crippen LogP contribution in [0.1, 0.15) is 30.4 Å². The number of nitrogens with one attached hydrogen (secondary N) is 1. The number of benzene rings is 2. The van der Waals surface area contributed by atoms with Gasteiger partial charge in [-0.3, -0.25) is 4.79 Å². The fraction of sp³-hybridized carbons (Fsp3) is 0.381. The first-order chi connectivity index (χ1) is 12.1. The van der Waals surface area contributed by atoms with E-state index in [2.05, 4.69) is 69.6 Å². The Bertz CT molecular complexity index is 696. The Kier molecular flexibility index (Phi) is 5.92. The van der Waals surface area contributed by atoms with Crippen LogP contribution in [0.2, 0.25) is 0 Å². The third kappa shape index (κ3) is 4.31. The van der Waals surface area contributed by atoms with Crippen LogP contribution in [-0.2, 0) is 16.8 Å². The van der Waals surface area contributed by atoms with Crippen molar-refractivity contribution in [3.63, 3.8) is 0 Å². The van der Waals surface area contributed by atoms with E-state index in [0.29, 0.717) is 6.54 Å². The van der Waals surface area contributed by atoms with Crippen LogP contribution >= 0.6 is 15.9 Å². The minimum Gasteiger partial charge on any atom is -0.354 e. The zero-order valence-corrected chi connectivity index (χ0v) is 16.3. The molecular weight excluding hydrogens is 376 g/mol. The van der Waals surface area contributed by atoms with Gasteiger partial charge >= 0.3 is 0 Å². The predicted octanol–water partition coefficient (Wildman–Crippen LogP) is 4.12. The summed E-state index contributed by atoms with van der Waals surface area (Å²) in [6.07, 6.45) is 3.01. The van der Waals surface area contributed by atoms with Gasteiger partial charge in [0.2, 0.25) is 5.91 Å². The molecule has 1 aliphatic carbocycles. The number of halogens is 1. The SMILES string of the molecule is CN(CCNC(=O)C1(c2ccc(Br)cc2)CCC1)Cc1ccccc1. The first-order valence-electron chi connectivity index (χ1n) is 8.87. The van der Waals surface area contributed by atoms with Crippen LogP contribution in [0.5, 0.6) is 0 Å². The second-order valence-electron chi connectivity index (χ2n) is 6.92. The van der Waals surface area contributed by atoms with E-state index in [1.54, 1.807) is 0 Å². The molecule has 132 valence electrons. The summed E-state index contributed by atoms with van der Waals surface area (Å²) in [7, 11) is 2.09. The van der Waals surface area contributed by atoms with Gasteiger partial charge in [0, 0.05) is 24.1 Å². The summed E-state index contributed by atoms with van der Waals surface area (Å²) in [5.41, 5.74) is 2.11. The molecule has 0 aromatic heterocycles. The molecule has 2 aromatic rings. The number of likely N-dealkylation sites (N-methyl/N-ethyl adjacent to an activating group) is 1. The number of rotatable bonds is 7. The third-order valence-corrected chi connectivity index (χ3v) is 5.64. The van der Waals surface area contributed by atoms with Crippen molar-refractivity contribution in [2.24, 2.45) is 0 Å². The molecule has 0 aliphatic heterocycles. The Morgan fingerprint density at radius 3 is 2.40 bits per heavy atom. The third-order valence-electron chi connectivity index (χ3n) is 5.11. The van der Waals surface area contributed by atoms with Gasteiger partial charge in [-0.25, -0.2) is 0 Å². The van der Waals surface area contributed by atoms with E-state index in [-0.39, 0.29) is 11.3 Å². The Labute approximate surface area is 158 Å². The van der Waals surface area contributed by atoms with Gasteiger partial charge < -0.3 is 10.2 Å². The number of hydrogen-bond donors (Lipinski definition) is 1. The highest BCUT2D eigenvalue weighted by Gasteiger charge is 2.45. The van der Waals surface area contributed by atoms with Crippen molar-refractivity contribution < 1.29 is 4.79 Å². The Balaban J connectivity index is 1.52. The maximum absolute atomic E-state index is 12.8. The minimum atomic E-state index is -0.321. The summed E-state index contributed by atoms with van der Waals surface area (Å²) in [4.78, 5) is 15.1. The topological polar surface area (TPSA) is 32.3 Å². The van der Waals surface area contributed by atoms with Crippen LogP contribution in [0.15, 0.2) is 59.1 Å². The molecule has 25 heavy (non-hydrogen) atoms. The Morgan fingerprint density at radius 2 is 1.80 bits per heavy atom. The normalized spacial score (nSPS) is 15.6. The highest BCUT2D eigenvalue weighted by atomic mass is 79.9. The molecule has 1 N–H and O–H groups in total. The van der Waals surface area contributed by atoms with Crippen LogP contribution in [0.25, 0.3) is 0 Å². The van der Waals surface area contributed by atoms with Crippen molar-refractivity contribution in [1.29, 1.82) is 0 Å². The maximum Gasteiger partial charge on any atom is 0.230 e. The second-order valence-corrected chi connectivity index (χ2v) is 7.84. The summed E-state index contributed by atoms with van der Waals surface area (Å²) >= 11 is 3.47. The van der Waals surface area contributed by atoms with Crippen LogP contribution in [0.4, 0.5) is 0 Å². The standard InChI is InChI=1S/C21H25BrN2O/c1-24(16-17-6-3-2-4-7-17)15-14-23-20(25)21(12-5-13-21)18-8-10-19(22)11-9-18/h2-4,6-11H,5,12-16H2,1H3,(H,23,25). The van der Waals surface area contributed by atoms with Crippen LogP contribution < -0.4 is 5.32 Å². The molecular formula is C21H25BrN2O. The van der Waals surface area contributed by atoms with Gasteiger partial charge in [-0.2, -0.15) is 0 Å². The van der Waals surface area contributed by atoms with Gasteiger partial charge in [0.15, 0.2) is 0 Å². The van der Waals surface area contributed by atoms with Gasteiger partial charge in [-0.05, 0) is 43.1 Å². The molecule has 3 rings (SSSR count). The molecule has 1 saturated carbocycles. The molecule has 0 spiro atoms. The van der Waals surface area contributed by atoms with Crippen LogP contribution in [-0.4, -0.2) is 30.9 Å². The predicted molar refractivity (Wildman–Crippen MR) is 105 cm³/mol. The lowest BCUT2D eigenvalue weighted by Crippen LogP contribution is -2.50. The van der Waals surface area contributed by atoms with Crippen LogP contribution in [0, 0.1) is 0 Å². The highest BCUT2D eigenvalue weighted by molar-refractivity contribution is 9.10. The fourth-order valence-electron chi connectivity index (χ4n) is 3.45. The summed E-state index contributed by atoms with van der Waals surface area (Å²) in [5.74, 6) is 0.175. The summed E-state index contributed by atoms with van der Waals surface area (Å²) in [6, 6.07) is 18.6. The molecule has 0 atom stereocenters. The van der Waals surface area contributed by atoms with E-state index in [1.165, 1.54) is 5.56 Å². The van der Waals surface area contributed by atoms with E-state index in [9.17, 15) is 4.79 Å². The molecule has 2 aromatic carbocycles. The molecule has 0 heterocycles. The first kappa shape index (κ1) is 18.2. The number of amides is 1. The number of carbonyl (C=O) groups is 1. The molecule has 1 fully saturated rings. The monoisotopic (exact) mass is 400 g/mol. The van der Waals surface area contributed by atoms with Gasteiger partial charge in [-0.15, -0.1) is 0 Å². The van der Waals surface area contributed by atoms with E-state index >= 15 is 0 Å². The smallest absolute Gasteiger partial charge is 0.230 e. The molecule has 0 radical (unpaired) electrons. The van der Waals surface area contributed by atoms with Crippen molar-refractivity contribution in [2.45, 2.75) is 31.2 Å². The first-order valence-corrected chi connectivity index (χ1v) is 9.66. The lowest BCUT2D eigenvalue weighted by Gasteiger charge is -2.41. The van der Waals surface area contributed by atoms with E-state index in [0.717, 1.165) is 42.4 Å². The summed E-state index contributed by atoms with van der Waals surface area (Å²) < 4.78 is 1.05. The van der Waals surface area contributed by atoms with Gasteiger partial charge in [0.1, 0.15) is 0 Å². The molecule has 0 bridgehead atoms. The summed E-state index contributed by atoms with van der Waals surface area (Å²) in [5, 5.41) is 3.16. The van der Waals surface area contributed by atoms with Crippen molar-refractivity contribution in [3.8, 4) is 0 Å². The molecule has 0 unspecified atom stereocenters. The minimum absolute atomic E-state index is 0.175. The van der Waals surface area contributed by atoms with E-state index in [4.69, 9.17) is 0 Å². The van der Waals surface area contributed by atoms with Gasteiger partial charge in [0.25, 0.3) is 0 Å². The number of carbonyl (C=O) groups excluding carboxylic acids is 1. The van der Waals surface area contributed by atoms with Crippen molar-refractivity contribution in [2.75, 3.05) is 20.1 Å². The fourth-order valence-corrected chi connectivity index (χ4v) is 3.71. The van der Waals surface area contributed by atoms with Gasteiger partial charge in [-0.1, -0.05) is 64.8 Å². The second kappa shape index (κ2) is 8.15. The quantitative estimate of drug-likeness (QED) is 0.757. The van der Waals surface area contributed by atoms with Gasteiger partial charge in [0.05, 0.1) is 5.41 Å².